The topological polar surface area (TPSA) is 68.5 Å². The van der Waals surface area contributed by atoms with Gasteiger partial charge >= 0.3 is 6.29 Å². The van der Waals surface area contributed by atoms with Gasteiger partial charge in [-0.3, -0.25) is 4.68 Å². The van der Waals surface area contributed by atoms with E-state index in [9.17, 15) is 13.9 Å². The number of ether oxygens (including phenoxy) is 2. The van der Waals surface area contributed by atoms with Crippen molar-refractivity contribution in [3.8, 4) is 11.5 Å². The van der Waals surface area contributed by atoms with Crippen molar-refractivity contribution in [3.05, 3.63) is 41.7 Å². The standard InChI is InChI=1S/C14H15F2N3O3/c1-19-7-10(6-18-19)11(8-20)17-5-9-2-3-12-13(4-9)22-14(15,16)21-12/h2-4,6-7,11,17,20H,5,8H2,1H3/t11-/m1/s1. The largest absolute Gasteiger partial charge is 0.586 e. The summed E-state index contributed by atoms with van der Waals surface area (Å²) in [6, 6.07) is 4.29. The molecule has 0 aliphatic carbocycles. The van der Waals surface area contributed by atoms with Gasteiger partial charge < -0.3 is 19.9 Å². The third kappa shape index (κ3) is 3.02. The zero-order valence-corrected chi connectivity index (χ0v) is 11.8. The molecule has 0 spiro atoms. The molecule has 1 aromatic carbocycles. The molecule has 6 nitrogen and oxygen atoms in total. The number of rotatable bonds is 5. The average molecular weight is 311 g/mol. The van der Waals surface area contributed by atoms with Gasteiger partial charge in [-0.2, -0.15) is 5.10 Å². The van der Waals surface area contributed by atoms with Crippen LogP contribution in [0.15, 0.2) is 30.6 Å². The minimum Gasteiger partial charge on any atom is -0.395 e. The molecule has 0 saturated heterocycles. The highest BCUT2D eigenvalue weighted by Crippen LogP contribution is 2.41. The summed E-state index contributed by atoms with van der Waals surface area (Å²) in [5.41, 5.74) is 1.58. The van der Waals surface area contributed by atoms with Crippen molar-refractivity contribution in [3.63, 3.8) is 0 Å². The number of nitrogens with one attached hydrogen (secondary N) is 1. The minimum absolute atomic E-state index is 0.00577. The lowest BCUT2D eigenvalue weighted by atomic mass is 10.1. The molecular formula is C14H15F2N3O3. The Morgan fingerprint density at radius 3 is 2.82 bits per heavy atom. The molecule has 3 rings (SSSR count). The van der Waals surface area contributed by atoms with Crippen LogP contribution in [-0.4, -0.2) is 27.8 Å². The number of benzene rings is 1. The zero-order chi connectivity index (χ0) is 15.7. The van der Waals surface area contributed by atoms with Gasteiger partial charge in [-0.15, -0.1) is 8.78 Å². The van der Waals surface area contributed by atoms with Gasteiger partial charge in [-0.1, -0.05) is 6.07 Å². The smallest absolute Gasteiger partial charge is 0.395 e. The molecule has 1 aliphatic rings. The number of hydrogen-bond donors (Lipinski definition) is 2. The first kappa shape index (κ1) is 14.7. The third-order valence-corrected chi connectivity index (χ3v) is 3.33. The van der Waals surface area contributed by atoms with Gasteiger partial charge in [-0.05, 0) is 17.7 Å². The summed E-state index contributed by atoms with van der Waals surface area (Å²) in [4.78, 5) is 0. The second kappa shape index (κ2) is 5.54. The molecule has 2 heterocycles. The number of nitrogens with zero attached hydrogens (tertiary/aromatic N) is 2. The normalized spacial score (nSPS) is 16.7. The number of halogens is 2. The first-order chi connectivity index (χ1) is 10.5. The van der Waals surface area contributed by atoms with Gasteiger partial charge in [0.15, 0.2) is 11.5 Å². The fourth-order valence-electron chi connectivity index (χ4n) is 2.25. The summed E-state index contributed by atoms with van der Waals surface area (Å²) in [5, 5.41) is 16.6. The van der Waals surface area contributed by atoms with E-state index < -0.39 is 6.29 Å². The highest BCUT2D eigenvalue weighted by molar-refractivity contribution is 5.45. The van der Waals surface area contributed by atoms with E-state index in [-0.39, 0.29) is 24.1 Å². The van der Waals surface area contributed by atoms with Crippen LogP contribution in [0.25, 0.3) is 0 Å². The van der Waals surface area contributed by atoms with Crippen molar-refractivity contribution in [2.24, 2.45) is 7.05 Å². The molecule has 0 unspecified atom stereocenters. The van der Waals surface area contributed by atoms with Crippen molar-refractivity contribution in [2.75, 3.05) is 6.61 Å². The van der Waals surface area contributed by atoms with E-state index in [0.29, 0.717) is 6.54 Å². The van der Waals surface area contributed by atoms with Crippen LogP contribution in [0.2, 0.25) is 0 Å². The van der Waals surface area contributed by atoms with Gasteiger partial charge in [0.2, 0.25) is 0 Å². The molecule has 0 fully saturated rings. The maximum Gasteiger partial charge on any atom is 0.586 e. The number of aliphatic hydroxyl groups excluding tert-OH is 1. The average Bonchev–Trinajstić information content (AvgIpc) is 3.00. The minimum atomic E-state index is -3.61. The molecule has 0 bridgehead atoms. The Balaban J connectivity index is 1.67. The number of aliphatic hydroxyl groups is 1. The van der Waals surface area contributed by atoms with E-state index >= 15 is 0 Å². The van der Waals surface area contributed by atoms with Crippen molar-refractivity contribution >= 4 is 0 Å². The van der Waals surface area contributed by atoms with Crippen LogP contribution in [0.1, 0.15) is 17.2 Å². The number of fused-ring (bicyclic) bond motifs is 1. The van der Waals surface area contributed by atoms with Crippen molar-refractivity contribution in [1.82, 2.24) is 15.1 Å². The molecule has 8 heteroatoms. The van der Waals surface area contributed by atoms with Gasteiger partial charge in [0.25, 0.3) is 0 Å². The maximum absolute atomic E-state index is 13.0. The lowest BCUT2D eigenvalue weighted by molar-refractivity contribution is -0.286. The van der Waals surface area contributed by atoms with Gasteiger partial charge in [-0.25, -0.2) is 0 Å². The van der Waals surface area contributed by atoms with Crippen molar-refractivity contribution in [1.29, 1.82) is 0 Å². The fourth-order valence-corrected chi connectivity index (χ4v) is 2.25. The highest BCUT2D eigenvalue weighted by Gasteiger charge is 2.43. The van der Waals surface area contributed by atoms with Crippen LogP contribution in [0.3, 0.4) is 0 Å². The van der Waals surface area contributed by atoms with E-state index in [2.05, 4.69) is 19.9 Å². The Kier molecular flexibility index (Phi) is 3.71. The number of aromatic nitrogens is 2. The lowest BCUT2D eigenvalue weighted by Crippen LogP contribution is -2.26. The molecule has 2 aromatic rings. The molecule has 0 amide bonds. The molecule has 118 valence electrons. The molecule has 22 heavy (non-hydrogen) atoms. The summed E-state index contributed by atoms with van der Waals surface area (Å²) in [6.45, 7) is 0.274. The lowest BCUT2D eigenvalue weighted by Gasteiger charge is -2.14. The SMILES string of the molecule is Cn1cc([C@@H](CO)NCc2ccc3c(c2)OC(F)(F)O3)cn1. The monoisotopic (exact) mass is 311 g/mol. The van der Waals surface area contributed by atoms with E-state index in [0.717, 1.165) is 11.1 Å². The predicted molar refractivity (Wildman–Crippen MR) is 72.5 cm³/mol. The van der Waals surface area contributed by atoms with Crippen LogP contribution < -0.4 is 14.8 Å². The van der Waals surface area contributed by atoms with Gasteiger partial charge in [0, 0.05) is 25.4 Å². The predicted octanol–water partition coefficient (Wildman–Crippen LogP) is 1.56. The van der Waals surface area contributed by atoms with Crippen LogP contribution in [0, 0.1) is 0 Å². The molecule has 1 atom stereocenters. The molecule has 1 aromatic heterocycles. The molecular weight excluding hydrogens is 296 g/mol. The summed E-state index contributed by atoms with van der Waals surface area (Å²) in [6.07, 6.45) is -0.153. The summed E-state index contributed by atoms with van der Waals surface area (Å²) < 4.78 is 36.3. The first-order valence-corrected chi connectivity index (χ1v) is 6.68. The van der Waals surface area contributed by atoms with Crippen molar-refractivity contribution in [2.45, 2.75) is 18.9 Å². The molecule has 2 N–H and O–H groups in total. The number of hydrogen-bond acceptors (Lipinski definition) is 5. The van der Waals surface area contributed by atoms with E-state index in [4.69, 9.17) is 0 Å². The Labute approximate surface area is 125 Å². The number of alkyl halides is 2. The summed E-state index contributed by atoms with van der Waals surface area (Å²) in [7, 11) is 1.79. The van der Waals surface area contributed by atoms with Gasteiger partial charge in [0.1, 0.15) is 0 Å². The van der Waals surface area contributed by atoms with Gasteiger partial charge in [0.05, 0.1) is 18.8 Å². The van der Waals surface area contributed by atoms with Crippen molar-refractivity contribution < 1.29 is 23.4 Å². The Morgan fingerprint density at radius 2 is 2.14 bits per heavy atom. The van der Waals surface area contributed by atoms with Crippen LogP contribution in [0.4, 0.5) is 8.78 Å². The summed E-state index contributed by atoms with van der Waals surface area (Å²) >= 11 is 0. The zero-order valence-electron chi connectivity index (χ0n) is 11.8. The second-order valence-electron chi connectivity index (χ2n) is 5.01. The van der Waals surface area contributed by atoms with Crippen LogP contribution in [-0.2, 0) is 13.6 Å². The first-order valence-electron chi connectivity index (χ1n) is 6.68. The second-order valence-corrected chi connectivity index (χ2v) is 5.01. The van der Waals surface area contributed by atoms with E-state index in [1.165, 1.54) is 12.1 Å². The Bertz CT molecular complexity index is 675. The molecule has 1 aliphatic heterocycles. The highest BCUT2D eigenvalue weighted by atomic mass is 19.3. The van der Waals surface area contributed by atoms with Crippen LogP contribution >= 0.6 is 0 Å². The third-order valence-electron chi connectivity index (χ3n) is 3.33. The number of aryl methyl sites for hydroxylation is 1. The molecule has 0 radical (unpaired) electrons. The maximum atomic E-state index is 13.0. The Hall–Kier alpha value is -2.19. The van der Waals surface area contributed by atoms with E-state index in [1.54, 1.807) is 30.2 Å². The fraction of sp³-hybridized carbons (Fsp3) is 0.357. The van der Waals surface area contributed by atoms with Crippen LogP contribution in [0.5, 0.6) is 11.5 Å². The van der Waals surface area contributed by atoms with E-state index in [1.807, 2.05) is 0 Å². The summed E-state index contributed by atoms with van der Waals surface area (Å²) in [5.74, 6) is 0.0194. The molecule has 0 saturated carbocycles. The quantitative estimate of drug-likeness (QED) is 0.877. The Morgan fingerprint density at radius 1 is 1.36 bits per heavy atom.